The summed E-state index contributed by atoms with van der Waals surface area (Å²) in [5.41, 5.74) is 6.94. The van der Waals surface area contributed by atoms with Crippen LogP contribution < -0.4 is 10.0 Å². The molecule has 0 spiro atoms. The van der Waals surface area contributed by atoms with Gasteiger partial charge >= 0.3 is 0 Å². The lowest BCUT2D eigenvalue weighted by molar-refractivity contribution is 0.100. The van der Waals surface area contributed by atoms with Gasteiger partial charge in [-0.15, -0.1) is 0 Å². The van der Waals surface area contributed by atoms with E-state index in [9.17, 15) is 13.2 Å². The molecule has 2 N–H and O–H groups in total. The Morgan fingerprint density at radius 1 is 1.33 bits per heavy atom. The van der Waals surface area contributed by atoms with Gasteiger partial charge in [-0.25, -0.2) is 8.42 Å². The van der Waals surface area contributed by atoms with Crippen molar-refractivity contribution >= 4 is 21.6 Å². The third kappa shape index (κ3) is 2.33. The molecule has 0 saturated carbocycles. The Labute approximate surface area is 107 Å². The molecule has 5 nitrogen and oxygen atoms in total. The number of sulfonamides is 1. The van der Waals surface area contributed by atoms with Crippen LogP contribution in [0, 0.1) is 6.92 Å². The van der Waals surface area contributed by atoms with Crippen LogP contribution in [0.4, 0.5) is 5.69 Å². The van der Waals surface area contributed by atoms with Crippen molar-refractivity contribution in [2.45, 2.75) is 19.8 Å². The second kappa shape index (κ2) is 4.61. The monoisotopic (exact) mass is 268 g/mol. The fourth-order valence-corrected chi connectivity index (χ4v) is 3.78. The van der Waals surface area contributed by atoms with Gasteiger partial charge in [0, 0.05) is 12.1 Å². The molecule has 1 fully saturated rings. The first-order valence-electron chi connectivity index (χ1n) is 5.83. The molecule has 0 radical (unpaired) electrons. The molecule has 18 heavy (non-hydrogen) atoms. The smallest absolute Gasteiger partial charge is 0.248 e. The molecular weight excluding hydrogens is 252 g/mol. The van der Waals surface area contributed by atoms with E-state index < -0.39 is 15.9 Å². The normalized spacial score (nSPS) is 18.6. The molecule has 2 rings (SSSR count). The van der Waals surface area contributed by atoms with Crippen molar-refractivity contribution in [3.05, 3.63) is 29.3 Å². The summed E-state index contributed by atoms with van der Waals surface area (Å²) in [6.45, 7) is 2.29. The average Bonchev–Trinajstić information content (AvgIpc) is 2.29. The van der Waals surface area contributed by atoms with E-state index in [0.717, 1.165) is 12.0 Å². The van der Waals surface area contributed by atoms with Gasteiger partial charge in [0.1, 0.15) is 0 Å². The first-order valence-corrected chi connectivity index (χ1v) is 7.43. The van der Waals surface area contributed by atoms with Crippen molar-refractivity contribution < 1.29 is 13.2 Å². The second-order valence-corrected chi connectivity index (χ2v) is 6.47. The second-order valence-electron chi connectivity index (χ2n) is 4.46. The summed E-state index contributed by atoms with van der Waals surface area (Å²) in [7, 11) is -3.26. The Kier molecular flexibility index (Phi) is 3.30. The number of hydrogen-bond acceptors (Lipinski definition) is 3. The van der Waals surface area contributed by atoms with Gasteiger partial charge in [0.25, 0.3) is 0 Å². The number of primary amides is 1. The molecular formula is C12H16N2O3S. The number of hydrogen-bond donors (Lipinski definition) is 1. The Morgan fingerprint density at radius 3 is 2.67 bits per heavy atom. The lowest BCUT2D eigenvalue weighted by Crippen LogP contribution is -2.38. The topological polar surface area (TPSA) is 80.5 Å². The van der Waals surface area contributed by atoms with Gasteiger partial charge < -0.3 is 5.73 Å². The summed E-state index contributed by atoms with van der Waals surface area (Å²) < 4.78 is 25.4. The minimum Gasteiger partial charge on any atom is -0.366 e. The van der Waals surface area contributed by atoms with E-state index in [4.69, 9.17) is 5.73 Å². The highest BCUT2D eigenvalue weighted by Crippen LogP contribution is 2.27. The SMILES string of the molecule is Cc1ccc(C(N)=O)cc1N1CCCCS1(=O)=O. The van der Waals surface area contributed by atoms with E-state index >= 15 is 0 Å². The molecule has 0 atom stereocenters. The Bertz CT molecular complexity index is 581. The van der Waals surface area contributed by atoms with Crippen molar-refractivity contribution in [2.75, 3.05) is 16.6 Å². The Balaban J connectivity index is 2.49. The van der Waals surface area contributed by atoms with Gasteiger partial charge in [-0.3, -0.25) is 9.10 Å². The Hall–Kier alpha value is -1.56. The van der Waals surface area contributed by atoms with Crippen molar-refractivity contribution in [1.29, 1.82) is 0 Å². The van der Waals surface area contributed by atoms with E-state index in [0.29, 0.717) is 24.2 Å². The number of amides is 1. The summed E-state index contributed by atoms with van der Waals surface area (Å²) in [4.78, 5) is 11.2. The predicted molar refractivity (Wildman–Crippen MR) is 70.1 cm³/mol. The predicted octanol–water partition coefficient (Wildman–Crippen LogP) is 1.02. The van der Waals surface area contributed by atoms with Crippen LogP contribution in [0.5, 0.6) is 0 Å². The first kappa shape index (κ1) is 12.9. The van der Waals surface area contributed by atoms with Crippen LogP contribution in [0.2, 0.25) is 0 Å². The number of aryl methyl sites for hydroxylation is 1. The lowest BCUT2D eigenvalue weighted by Gasteiger charge is -2.29. The maximum atomic E-state index is 12.0. The molecule has 0 aliphatic carbocycles. The van der Waals surface area contributed by atoms with Gasteiger partial charge in [-0.1, -0.05) is 6.07 Å². The largest absolute Gasteiger partial charge is 0.366 e. The highest BCUT2D eigenvalue weighted by Gasteiger charge is 2.27. The van der Waals surface area contributed by atoms with Gasteiger partial charge in [0.2, 0.25) is 15.9 Å². The molecule has 6 heteroatoms. The molecule has 1 amide bonds. The van der Waals surface area contributed by atoms with E-state index in [1.165, 1.54) is 4.31 Å². The zero-order chi connectivity index (χ0) is 13.3. The zero-order valence-electron chi connectivity index (χ0n) is 10.2. The quantitative estimate of drug-likeness (QED) is 0.869. The van der Waals surface area contributed by atoms with Crippen LogP contribution >= 0.6 is 0 Å². The van der Waals surface area contributed by atoms with Crippen molar-refractivity contribution in [2.24, 2.45) is 5.73 Å². The molecule has 1 aromatic carbocycles. The number of nitrogens with zero attached hydrogens (tertiary/aromatic N) is 1. The summed E-state index contributed by atoms with van der Waals surface area (Å²) in [5, 5.41) is 0. The molecule has 1 aromatic rings. The number of carbonyl (C=O) groups is 1. The molecule has 0 bridgehead atoms. The zero-order valence-corrected chi connectivity index (χ0v) is 11.0. The van der Waals surface area contributed by atoms with Crippen molar-refractivity contribution in [3.63, 3.8) is 0 Å². The molecule has 1 heterocycles. The standard InChI is InChI=1S/C12H16N2O3S/c1-9-4-5-10(12(13)15)8-11(9)14-6-2-3-7-18(14,16)17/h4-5,8H,2-3,6-7H2,1H3,(H2,13,15). The maximum Gasteiger partial charge on any atom is 0.248 e. The van der Waals surface area contributed by atoms with Crippen LogP contribution in [0.15, 0.2) is 18.2 Å². The molecule has 1 aliphatic heterocycles. The average molecular weight is 268 g/mol. The Morgan fingerprint density at radius 2 is 2.06 bits per heavy atom. The summed E-state index contributed by atoms with van der Waals surface area (Å²) in [5.74, 6) is -0.390. The van der Waals surface area contributed by atoms with Gasteiger partial charge in [0.05, 0.1) is 11.4 Å². The van der Waals surface area contributed by atoms with E-state index in [1.54, 1.807) is 18.2 Å². The van der Waals surface area contributed by atoms with Crippen molar-refractivity contribution in [1.82, 2.24) is 0 Å². The molecule has 1 aliphatic rings. The number of nitrogens with two attached hydrogens (primary N) is 1. The molecule has 0 aromatic heterocycles. The van der Waals surface area contributed by atoms with Crippen LogP contribution in [0.3, 0.4) is 0 Å². The van der Waals surface area contributed by atoms with E-state index in [2.05, 4.69) is 0 Å². The molecule has 1 saturated heterocycles. The van der Waals surface area contributed by atoms with E-state index in [1.807, 2.05) is 6.92 Å². The van der Waals surface area contributed by atoms with Gasteiger partial charge in [-0.2, -0.15) is 0 Å². The number of carbonyl (C=O) groups excluding carboxylic acids is 1. The maximum absolute atomic E-state index is 12.0. The number of rotatable bonds is 2. The van der Waals surface area contributed by atoms with Crippen LogP contribution in [0.1, 0.15) is 28.8 Å². The van der Waals surface area contributed by atoms with Gasteiger partial charge in [-0.05, 0) is 37.5 Å². The lowest BCUT2D eigenvalue weighted by atomic mass is 10.1. The summed E-state index contributed by atoms with van der Waals surface area (Å²) in [6, 6.07) is 4.89. The minimum atomic E-state index is -3.26. The highest BCUT2D eigenvalue weighted by molar-refractivity contribution is 7.92. The van der Waals surface area contributed by atoms with Crippen LogP contribution in [-0.2, 0) is 10.0 Å². The number of anilines is 1. The molecule has 98 valence electrons. The first-order chi connectivity index (χ1) is 8.42. The highest BCUT2D eigenvalue weighted by atomic mass is 32.2. The molecule has 0 unspecified atom stereocenters. The van der Waals surface area contributed by atoms with Crippen molar-refractivity contribution in [3.8, 4) is 0 Å². The fraction of sp³-hybridized carbons (Fsp3) is 0.417. The summed E-state index contributed by atoms with van der Waals surface area (Å²) in [6.07, 6.45) is 1.52. The van der Waals surface area contributed by atoms with Crippen LogP contribution in [-0.4, -0.2) is 26.6 Å². The minimum absolute atomic E-state index is 0.160. The third-order valence-electron chi connectivity index (χ3n) is 3.11. The fourth-order valence-electron chi connectivity index (χ4n) is 2.09. The number of benzene rings is 1. The van der Waals surface area contributed by atoms with Crippen LogP contribution in [0.25, 0.3) is 0 Å². The van der Waals surface area contributed by atoms with Gasteiger partial charge in [0.15, 0.2) is 0 Å². The third-order valence-corrected chi connectivity index (χ3v) is 4.97. The summed E-state index contributed by atoms with van der Waals surface area (Å²) >= 11 is 0. The van der Waals surface area contributed by atoms with E-state index in [-0.39, 0.29) is 5.75 Å².